The minimum Gasteiger partial charge on any atom is -0.423 e. The summed E-state index contributed by atoms with van der Waals surface area (Å²) in [5, 5.41) is 10.7. The molecule has 0 aromatic heterocycles. The zero-order valence-corrected chi connectivity index (χ0v) is 15.6. The minimum absolute atomic E-state index is 0.104. The summed E-state index contributed by atoms with van der Waals surface area (Å²) in [5.41, 5.74) is 0.566. The lowest BCUT2D eigenvalue weighted by Gasteiger charge is -2.17. The first kappa shape index (κ1) is 18.2. The summed E-state index contributed by atoms with van der Waals surface area (Å²) in [6.07, 6.45) is 4.95. The van der Waals surface area contributed by atoms with Crippen LogP contribution in [0.4, 0.5) is 11.4 Å². The molecule has 1 saturated carbocycles. The average Bonchev–Trinajstić information content (AvgIpc) is 3.42. The summed E-state index contributed by atoms with van der Waals surface area (Å²) in [6.45, 7) is 0. The number of esters is 1. The van der Waals surface area contributed by atoms with Crippen LogP contribution in [0.25, 0.3) is 0 Å². The number of hydrogen-bond acceptors (Lipinski definition) is 6. The Morgan fingerprint density at radius 1 is 0.933 bits per heavy atom. The highest BCUT2D eigenvalue weighted by Gasteiger charge is 2.59. The highest BCUT2D eigenvalue weighted by molar-refractivity contribution is 6.22. The zero-order valence-electron chi connectivity index (χ0n) is 15.6. The van der Waals surface area contributed by atoms with E-state index >= 15 is 0 Å². The highest BCUT2D eigenvalue weighted by Crippen LogP contribution is 2.53. The van der Waals surface area contributed by atoms with Crippen LogP contribution in [0.2, 0.25) is 0 Å². The highest BCUT2D eigenvalue weighted by atomic mass is 16.6. The normalized spacial score (nSPS) is 26.2. The Labute approximate surface area is 170 Å². The number of allylic oxidation sites excluding steroid dienone is 2. The van der Waals surface area contributed by atoms with Crippen LogP contribution in [0.1, 0.15) is 16.8 Å². The van der Waals surface area contributed by atoms with E-state index in [1.165, 1.54) is 41.3 Å². The second-order valence-electron chi connectivity index (χ2n) is 7.70. The predicted molar refractivity (Wildman–Crippen MR) is 105 cm³/mol. The molecule has 8 nitrogen and oxygen atoms in total. The summed E-state index contributed by atoms with van der Waals surface area (Å²) in [5.74, 6) is -1.11. The first-order valence-electron chi connectivity index (χ1n) is 9.57. The fraction of sp³-hybridized carbons (Fsp3) is 0.227. The molecule has 2 aromatic carbocycles. The SMILES string of the molecule is O=C(Oc1ccc([N+](=O)[O-])cc1)c1ccc(N2C(=O)[C@@H]3[C@@H](C2=O)[C@H]2C=C[C@@H]3C2)cc1. The van der Waals surface area contributed by atoms with E-state index in [9.17, 15) is 24.5 Å². The van der Waals surface area contributed by atoms with Crippen molar-refractivity contribution in [2.24, 2.45) is 23.7 Å². The Morgan fingerprint density at radius 3 is 2.03 bits per heavy atom. The molecule has 2 fully saturated rings. The van der Waals surface area contributed by atoms with Crippen molar-refractivity contribution in [2.75, 3.05) is 4.90 Å². The van der Waals surface area contributed by atoms with Gasteiger partial charge in [-0.2, -0.15) is 0 Å². The number of fused-ring (bicyclic) bond motifs is 5. The summed E-state index contributed by atoms with van der Waals surface area (Å²) in [7, 11) is 0. The molecule has 5 rings (SSSR count). The first-order chi connectivity index (χ1) is 14.4. The Hall–Kier alpha value is -3.81. The molecular formula is C22H16N2O6. The third-order valence-electron chi connectivity index (χ3n) is 6.09. The summed E-state index contributed by atoms with van der Waals surface area (Å²) in [4.78, 5) is 49.4. The van der Waals surface area contributed by atoms with E-state index in [-0.39, 0.29) is 52.5 Å². The molecule has 0 N–H and O–H groups in total. The van der Waals surface area contributed by atoms with Gasteiger partial charge in [-0.05, 0) is 54.7 Å². The van der Waals surface area contributed by atoms with Gasteiger partial charge >= 0.3 is 5.97 Å². The number of nitro groups is 1. The van der Waals surface area contributed by atoms with Gasteiger partial charge in [0.05, 0.1) is 28.0 Å². The molecule has 2 aliphatic carbocycles. The fourth-order valence-electron chi connectivity index (χ4n) is 4.71. The Kier molecular flexibility index (Phi) is 4.02. The van der Waals surface area contributed by atoms with Crippen LogP contribution < -0.4 is 9.64 Å². The second-order valence-corrected chi connectivity index (χ2v) is 7.70. The molecule has 2 aromatic rings. The number of nitrogens with zero attached hydrogens (tertiary/aromatic N) is 2. The number of hydrogen-bond donors (Lipinski definition) is 0. The lowest BCUT2D eigenvalue weighted by molar-refractivity contribution is -0.384. The number of rotatable bonds is 4. The van der Waals surface area contributed by atoms with Gasteiger partial charge in [0.15, 0.2) is 0 Å². The molecule has 3 aliphatic rings. The summed E-state index contributed by atoms with van der Waals surface area (Å²) in [6, 6.07) is 11.3. The third kappa shape index (κ3) is 2.72. The molecule has 8 heteroatoms. The van der Waals surface area contributed by atoms with E-state index in [1.54, 1.807) is 12.1 Å². The molecule has 1 aliphatic heterocycles. The van der Waals surface area contributed by atoms with Gasteiger partial charge in [-0.15, -0.1) is 0 Å². The van der Waals surface area contributed by atoms with Crippen molar-refractivity contribution in [1.82, 2.24) is 0 Å². The van der Waals surface area contributed by atoms with E-state index in [0.29, 0.717) is 5.69 Å². The smallest absolute Gasteiger partial charge is 0.343 e. The maximum atomic E-state index is 12.9. The van der Waals surface area contributed by atoms with Gasteiger partial charge in [-0.25, -0.2) is 4.79 Å². The van der Waals surface area contributed by atoms with E-state index in [2.05, 4.69) is 0 Å². The maximum absolute atomic E-state index is 12.9. The van der Waals surface area contributed by atoms with Gasteiger partial charge in [0.25, 0.3) is 5.69 Å². The fourth-order valence-corrected chi connectivity index (χ4v) is 4.71. The van der Waals surface area contributed by atoms with Crippen molar-refractivity contribution >= 4 is 29.2 Å². The van der Waals surface area contributed by atoms with E-state index in [1.807, 2.05) is 12.2 Å². The quantitative estimate of drug-likeness (QED) is 0.194. The van der Waals surface area contributed by atoms with Crippen LogP contribution in [0.3, 0.4) is 0 Å². The van der Waals surface area contributed by atoms with Crippen molar-refractivity contribution in [3.8, 4) is 5.75 Å². The van der Waals surface area contributed by atoms with Crippen molar-refractivity contribution in [3.05, 3.63) is 76.4 Å². The average molecular weight is 404 g/mol. The van der Waals surface area contributed by atoms with Crippen LogP contribution in [0.15, 0.2) is 60.7 Å². The lowest BCUT2D eigenvalue weighted by Crippen LogP contribution is -2.32. The summed E-state index contributed by atoms with van der Waals surface area (Å²) >= 11 is 0. The van der Waals surface area contributed by atoms with E-state index < -0.39 is 10.9 Å². The number of carbonyl (C=O) groups excluding carboxylic acids is 3. The zero-order chi connectivity index (χ0) is 21.0. The summed E-state index contributed by atoms with van der Waals surface area (Å²) < 4.78 is 5.22. The van der Waals surface area contributed by atoms with Crippen molar-refractivity contribution in [2.45, 2.75) is 6.42 Å². The molecule has 2 bridgehead atoms. The third-order valence-corrected chi connectivity index (χ3v) is 6.09. The molecule has 2 amide bonds. The number of amides is 2. The molecule has 150 valence electrons. The van der Waals surface area contributed by atoms with Gasteiger partial charge in [-0.3, -0.25) is 24.6 Å². The molecule has 0 radical (unpaired) electrons. The predicted octanol–water partition coefficient (Wildman–Crippen LogP) is 3.13. The second kappa shape index (κ2) is 6.62. The Morgan fingerprint density at radius 2 is 1.50 bits per heavy atom. The van der Waals surface area contributed by atoms with Crippen molar-refractivity contribution < 1.29 is 24.0 Å². The first-order valence-corrected chi connectivity index (χ1v) is 9.57. The Bertz CT molecular complexity index is 1080. The van der Waals surface area contributed by atoms with Crippen LogP contribution in [-0.4, -0.2) is 22.7 Å². The maximum Gasteiger partial charge on any atom is 0.343 e. The minimum atomic E-state index is -0.645. The molecule has 30 heavy (non-hydrogen) atoms. The van der Waals surface area contributed by atoms with Gasteiger partial charge in [0, 0.05) is 12.1 Å². The van der Waals surface area contributed by atoms with Gasteiger partial charge in [0.1, 0.15) is 5.75 Å². The van der Waals surface area contributed by atoms with Gasteiger partial charge in [-0.1, -0.05) is 12.2 Å². The van der Waals surface area contributed by atoms with Crippen molar-refractivity contribution in [3.63, 3.8) is 0 Å². The Balaban J connectivity index is 1.31. The standard InChI is InChI=1S/C22H16N2O6/c25-20-18-13-1-2-14(11-13)19(18)21(26)23(20)15-5-3-12(4-6-15)22(27)30-17-9-7-16(8-10-17)24(28)29/h1-10,13-14,18-19H,11H2/t13-,14+,18-,19-/m0/s1. The van der Waals surface area contributed by atoms with Gasteiger partial charge in [0.2, 0.25) is 11.8 Å². The monoisotopic (exact) mass is 404 g/mol. The number of anilines is 1. The van der Waals surface area contributed by atoms with Crippen LogP contribution in [0, 0.1) is 33.8 Å². The molecular weight excluding hydrogens is 388 g/mol. The molecule has 1 heterocycles. The number of benzene rings is 2. The molecule has 0 unspecified atom stereocenters. The van der Waals surface area contributed by atoms with E-state index in [0.717, 1.165) is 6.42 Å². The number of non-ortho nitro benzene ring substituents is 1. The number of ether oxygens (including phenoxy) is 1. The topological polar surface area (TPSA) is 107 Å². The largest absolute Gasteiger partial charge is 0.423 e. The number of nitro benzene ring substituents is 1. The van der Waals surface area contributed by atoms with E-state index in [4.69, 9.17) is 4.74 Å². The van der Waals surface area contributed by atoms with Crippen molar-refractivity contribution in [1.29, 1.82) is 0 Å². The molecule has 0 spiro atoms. The lowest BCUT2D eigenvalue weighted by atomic mass is 9.85. The van der Waals surface area contributed by atoms with Gasteiger partial charge < -0.3 is 4.74 Å². The van der Waals surface area contributed by atoms with Crippen LogP contribution >= 0.6 is 0 Å². The number of carbonyl (C=O) groups is 3. The molecule has 4 atom stereocenters. The molecule has 1 saturated heterocycles. The number of imide groups is 1. The van der Waals surface area contributed by atoms with Crippen LogP contribution in [0.5, 0.6) is 5.75 Å². The van der Waals surface area contributed by atoms with Crippen LogP contribution in [-0.2, 0) is 9.59 Å².